The number of phenolic OH excluding ortho intramolecular Hbond substituents is 1. The lowest BCUT2D eigenvalue weighted by molar-refractivity contribution is -0.136. The first-order valence-electron chi connectivity index (χ1n) is 3.68. The van der Waals surface area contributed by atoms with Crippen LogP contribution in [0, 0.1) is 11.3 Å². The maximum Gasteiger partial charge on any atom is 0.308 e. The Balaban J connectivity index is 3.27. The summed E-state index contributed by atoms with van der Waals surface area (Å²) in [5, 5.41) is 26.7. The van der Waals surface area contributed by atoms with E-state index in [1.165, 1.54) is 12.1 Å². The van der Waals surface area contributed by atoms with E-state index in [-0.39, 0.29) is 21.9 Å². The molecule has 2 N–H and O–H groups in total. The van der Waals surface area contributed by atoms with Crippen LogP contribution in [0.4, 0.5) is 0 Å². The molecule has 0 amide bonds. The third-order valence-electron chi connectivity index (χ3n) is 1.67. The van der Waals surface area contributed by atoms with Gasteiger partial charge in [0.2, 0.25) is 0 Å². The van der Waals surface area contributed by atoms with Crippen molar-refractivity contribution in [3.05, 3.63) is 28.3 Å². The van der Waals surface area contributed by atoms with Gasteiger partial charge in [0.15, 0.2) is 0 Å². The van der Waals surface area contributed by atoms with Crippen LogP contribution in [0.3, 0.4) is 0 Å². The number of carbonyl (C=O) groups is 1. The number of aromatic hydroxyl groups is 1. The van der Waals surface area contributed by atoms with Crippen molar-refractivity contribution in [2.24, 2.45) is 0 Å². The minimum atomic E-state index is -1.11. The smallest absolute Gasteiger partial charge is 0.308 e. The van der Waals surface area contributed by atoms with Gasteiger partial charge >= 0.3 is 5.97 Å². The SMILES string of the molecule is N#Cc1ccc(Cl)c(CC(=O)O)c1O. The average molecular weight is 212 g/mol. The maximum atomic E-state index is 10.4. The third kappa shape index (κ3) is 1.95. The number of halogens is 1. The number of hydrogen-bond acceptors (Lipinski definition) is 3. The van der Waals surface area contributed by atoms with Gasteiger partial charge in [0.05, 0.1) is 12.0 Å². The first-order chi connectivity index (χ1) is 6.56. The molecule has 0 aromatic heterocycles. The van der Waals surface area contributed by atoms with E-state index in [0.717, 1.165) is 0 Å². The van der Waals surface area contributed by atoms with Crippen molar-refractivity contribution >= 4 is 17.6 Å². The van der Waals surface area contributed by atoms with Crippen molar-refractivity contribution in [1.82, 2.24) is 0 Å². The van der Waals surface area contributed by atoms with Crippen LogP contribution in [0.5, 0.6) is 5.75 Å². The Morgan fingerprint density at radius 2 is 2.21 bits per heavy atom. The van der Waals surface area contributed by atoms with Crippen LogP contribution in [-0.2, 0) is 11.2 Å². The van der Waals surface area contributed by atoms with E-state index in [1.54, 1.807) is 6.07 Å². The predicted octanol–water partition coefficient (Wildman–Crippen LogP) is 1.54. The summed E-state index contributed by atoms with van der Waals surface area (Å²) >= 11 is 5.67. The quantitative estimate of drug-likeness (QED) is 0.778. The van der Waals surface area contributed by atoms with Gasteiger partial charge in [-0.05, 0) is 12.1 Å². The van der Waals surface area contributed by atoms with Crippen LogP contribution in [0.25, 0.3) is 0 Å². The summed E-state index contributed by atoms with van der Waals surface area (Å²) in [4.78, 5) is 10.4. The van der Waals surface area contributed by atoms with Crippen molar-refractivity contribution < 1.29 is 15.0 Å². The average Bonchev–Trinajstić information content (AvgIpc) is 2.12. The van der Waals surface area contributed by atoms with E-state index in [0.29, 0.717) is 0 Å². The van der Waals surface area contributed by atoms with Crippen molar-refractivity contribution in [1.29, 1.82) is 5.26 Å². The predicted molar refractivity (Wildman–Crippen MR) is 49.2 cm³/mol. The summed E-state index contributed by atoms with van der Waals surface area (Å²) in [5.41, 5.74) is 0.0869. The number of aliphatic carboxylic acids is 1. The number of nitriles is 1. The van der Waals surface area contributed by atoms with Gasteiger partial charge in [-0.25, -0.2) is 0 Å². The lowest BCUT2D eigenvalue weighted by Gasteiger charge is -2.05. The second-order valence-corrected chi connectivity index (χ2v) is 3.01. The van der Waals surface area contributed by atoms with Gasteiger partial charge in [-0.2, -0.15) is 5.26 Å². The molecule has 1 rings (SSSR count). The highest BCUT2D eigenvalue weighted by Crippen LogP contribution is 2.29. The van der Waals surface area contributed by atoms with Crippen molar-refractivity contribution in [3.63, 3.8) is 0 Å². The summed E-state index contributed by atoms with van der Waals surface area (Å²) in [5.74, 6) is -1.47. The highest BCUT2D eigenvalue weighted by Gasteiger charge is 2.13. The number of carboxylic acids is 1. The number of nitrogens with zero attached hydrogens (tertiary/aromatic N) is 1. The van der Waals surface area contributed by atoms with E-state index in [2.05, 4.69) is 0 Å². The Hall–Kier alpha value is -1.73. The van der Waals surface area contributed by atoms with Crippen LogP contribution in [0.2, 0.25) is 5.02 Å². The Bertz CT molecular complexity index is 423. The second-order valence-electron chi connectivity index (χ2n) is 2.60. The summed E-state index contributed by atoms with van der Waals surface area (Å²) < 4.78 is 0. The van der Waals surface area contributed by atoms with Crippen molar-refractivity contribution in [2.75, 3.05) is 0 Å². The van der Waals surface area contributed by atoms with E-state index in [9.17, 15) is 9.90 Å². The molecule has 4 nitrogen and oxygen atoms in total. The molecule has 0 saturated heterocycles. The van der Waals surface area contributed by atoms with Gasteiger partial charge in [0.1, 0.15) is 11.8 Å². The molecule has 0 aliphatic rings. The van der Waals surface area contributed by atoms with Crippen molar-refractivity contribution in [3.8, 4) is 11.8 Å². The molecule has 0 fully saturated rings. The van der Waals surface area contributed by atoms with Crippen LogP contribution >= 0.6 is 11.6 Å². The highest BCUT2D eigenvalue weighted by molar-refractivity contribution is 6.31. The summed E-state index contributed by atoms with van der Waals surface area (Å²) in [6.07, 6.45) is -0.403. The molecule has 0 heterocycles. The first-order valence-corrected chi connectivity index (χ1v) is 4.06. The zero-order valence-electron chi connectivity index (χ0n) is 6.99. The Morgan fingerprint density at radius 1 is 1.57 bits per heavy atom. The number of phenols is 1. The zero-order chi connectivity index (χ0) is 10.7. The lowest BCUT2D eigenvalue weighted by Crippen LogP contribution is -2.01. The second kappa shape index (κ2) is 3.99. The fourth-order valence-corrected chi connectivity index (χ4v) is 1.24. The normalized spacial score (nSPS) is 9.43. The molecular weight excluding hydrogens is 206 g/mol. The van der Waals surface area contributed by atoms with Crippen LogP contribution in [-0.4, -0.2) is 16.2 Å². The molecule has 0 bridgehead atoms. The fourth-order valence-electron chi connectivity index (χ4n) is 1.02. The number of benzene rings is 1. The third-order valence-corrected chi connectivity index (χ3v) is 2.03. The van der Waals surface area contributed by atoms with Crippen molar-refractivity contribution in [2.45, 2.75) is 6.42 Å². The minimum absolute atomic E-state index is 0.0191. The number of carboxylic acid groups (broad SMARTS) is 1. The van der Waals surface area contributed by atoms with Gasteiger partial charge in [0.25, 0.3) is 0 Å². The Morgan fingerprint density at radius 3 is 2.71 bits per heavy atom. The molecular formula is C9H6ClNO3. The standard InChI is InChI=1S/C9H6ClNO3/c10-7-2-1-5(4-11)9(14)6(7)3-8(12)13/h1-2,14H,3H2,(H,12,13). The van der Waals surface area contributed by atoms with E-state index in [1.807, 2.05) is 0 Å². The molecule has 1 aromatic rings. The largest absolute Gasteiger partial charge is 0.506 e. The van der Waals surface area contributed by atoms with Gasteiger partial charge in [-0.3, -0.25) is 4.79 Å². The summed E-state index contributed by atoms with van der Waals surface area (Å²) in [6, 6.07) is 4.46. The molecule has 0 unspecified atom stereocenters. The Labute approximate surface area is 85.0 Å². The van der Waals surface area contributed by atoms with Crippen LogP contribution in [0.1, 0.15) is 11.1 Å². The molecule has 5 heteroatoms. The molecule has 0 aliphatic heterocycles. The molecule has 0 spiro atoms. The van der Waals surface area contributed by atoms with Gasteiger partial charge in [-0.15, -0.1) is 0 Å². The number of rotatable bonds is 2. The molecule has 0 saturated carbocycles. The summed E-state index contributed by atoms with van der Waals surface area (Å²) in [6.45, 7) is 0. The molecule has 0 aliphatic carbocycles. The topological polar surface area (TPSA) is 81.3 Å². The van der Waals surface area contributed by atoms with Crippen LogP contribution < -0.4 is 0 Å². The number of hydrogen-bond donors (Lipinski definition) is 2. The first kappa shape index (κ1) is 10.4. The zero-order valence-corrected chi connectivity index (χ0v) is 7.75. The van der Waals surface area contributed by atoms with E-state index in [4.69, 9.17) is 22.0 Å². The minimum Gasteiger partial charge on any atom is -0.506 e. The van der Waals surface area contributed by atoms with Gasteiger partial charge in [0, 0.05) is 10.6 Å². The molecule has 0 atom stereocenters. The van der Waals surface area contributed by atoms with E-state index >= 15 is 0 Å². The van der Waals surface area contributed by atoms with Gasteiger partial charge in [-0.1, -0.05) is 11.6 Å². The Kier molecular flexibility index (Phi) is 2.95. The highest BCUT2D eigenvalue weighted by atomic mass is 35.5. The van der Waals surface area contributed by atoms with Gasteiger partial charge < -0.3 is 10.2 Å². The monoisotopic (exact) mass is 211 g/mol. The van der Waals surface area contributed by atoms with E-state index < -0.39 is 12.4 Å². The molecule has 0 radical (unpaired) electrons. The molecule has 1 aromatic carbocycles. The fraction of sp³-hybridized carbons (Fsp3) is 0.111. The van der Waals surface area contributed by atoms with Crippen LogP contribution in [0.15, 0.2) is 12.1 Å². The molecule has 72 valence electrons. The molecule has 14 heavy (non-hydrogen) atoms. The lowest BCUT2D eigenvalue weighted by atomic mass is 10.1. The summed E-state index contributed by atoms with van der Waals surface area (Å²) in [7, 11) is 0. The maximum absolute atomic E-state index is 10.4.